The number of H-pyrrole nitrogens is 1. The molecule has 1 N–H and O–H groups in total. The number of nitrogens with one attached hydrogen (secondary N) is 1. The van der Waals surface area contributed by atoms with Crippen molar-refractivity contribution in [2.45, 2.75) is 26.2 Å². The SMILES string of the molecule is Cc1cc(C(=O)N2CCC(Cc3ccc(F)c(F)c3)CC2)cc(=O)[nH]1. The molecule has 132 valence electrons. The Bertz CT molecular complexity index is 840. The van der Waals surface area contributed by atoms with Crippen molar-refractivity contribution < 1.29 is 13.6 Å². The summed E-state index contributed by atoms with van der Waals surface area (Å²) >= 11 is 0. The van der Waals surface area contributed by atoms with Crippen LogP contribution in [-0.4, -0.2) is 28.9 Å². The predicted molar refractivity (Wildman–Crippen MR) is 90.5 cm³/mol. The van der Waals surface area contributed by atoms with Crippen LogP contribution in [0, 0.1) is 24.5 Å². The molecule has 1 aromatic carbocycles. The number of aryl methyl sites for hydroxylation is 1. The normalized spacial score (nSPS) is 15.4. The molecule has 0 atom stereocenters. The number of rotatable bonds is 3. The van der Waals surface area contributed by atoms with Crippen molar-refractivity contribution in [2.24, 2.45) is 5.92 Å². The Hall–Kier alpha value is -2.50. The van der Waals surface area contributed by atoms with E-state index in [0.717, 1.165) is 24.5 Å². The maximum atomic E-state index is 13.3. The third kappa shape index (κ3) is 4.13. The van der Waals surface area contributed by atoms with Gasteiger partial charge in [0.1, 0.15) is 0 Å². The van der Waals surface area contributed by atoms with Gasteiger partial charge in [0.15, 0.2) is 11.6 Å². The van der Waals surface area contributed by atoms with E-state index >= 15 is 0 Å². The third-order valence-corrected chi connectivity index (χ3v) is 4.64. The highest BCUT2D eigenvalue weighted by molar-refractivity contribution is 5.94. The van der Waals surface area contributed by atoms with E-state index in [1.54, 1.807) is 24.0 Å². The van der Waals surface area contributed by atoms with E-state index in [1.165, 1.54) is 12.1 Å². The third-order valence-electron chi connectivity index (χ3n) is 4.64. The molecule has 1 amide bonds. The van der Waals surface area contributed by atoms with Gasteiger partial charge in [0.05, 0.1) is 0 Å². The molecule has 0 bridgehead atoms. The quantitative estimate of drug-likeness (QED) is 0.929. The summed E-state index contributed by atoms with van der Waals surface area (Å²) in [6, 6.07) is 7.00. The zero-order valence-electron chi connectivity index (χ0n) is 14.0. The van der Waals surface area contributed by atoms with Crippen molar-refractivity contribution in [3.05, 3.63) is 69.1 Å². The average Bonchev–Trinajstić information content (AvgIpc) is 2.57. The van der Waals surface area contributed by atoms with Gasteiger partial charge in [-0.05, 0) is 55.9 Å². The number of hydrogen-bond acceptors (Lipinski definition) is 2. The molecule has 1 aliphatic heterocycles. The Balaban J connectivity index is 1.60. The van der Waals surface area contributed by atoms with Crippen molar-refractivity contribution in [2.75, 3.05) is 13.1 Å². The van der Waals surface area contributed by atoms with Crippen molar-refractivity contribution in [1.82, 2.24) is 9.88 Å². The molecule has 0 aliphatic carbocycles. The van der Waals surface area contributed by atoms with Crippen LogP contribution in [0.5, 0.6) is 0 Å². The topological polar surface area (TPSA) is 53.2 Å². The van der Waals surface area contributed by atoms with Crippen molar-refractivity contribution >= 4 is 5.91 Å². The zero-order valence-corrected chi connectivity index (χ0v) is 14.0. The predicted octanol–water partition coefficient (Wildman–Crippen LogP) is 3.06. The van der Waals surface area contributed by atoms with Crippen LogP contribution in [-0.2, 0) is 6.42 Å². The van der Waals surface area contributed by atoms with E-state index in [2.05, 4.69) is 4.98 Å². The first kappa shape index (κ1) is 17.3. The van der Waals surface area contributed by atoms with Crippen LogP contribution in [0.25, 0.3) is 0 Å². The van der Waals surface area contributed by atoms with E-state index < -0.39 is 11.6 Å². The van der Waals surface area contributed by atoms with Gasteiger partial charge in [-0.2, -0.15) is 0 Å². The second-order valence-corrected chi connectivity index (χ2v) is 6.60. The molecular weight excluding hydrogens is 326 g/mol. The van der Waals surface area contributed by atoms with Crippen LogP contribution in [0.2, 0.25) is 0 Å². The largest absolute Gasteiger partial charge is 0.339 e. The molecule has 4 nitrogen and oxygen atoms in total. The summed E-state index contributed by atoms with van der Waals surface area (Å²) in [5, 5.41) is 0. The van der Waals surface area contributed by atoms with Crippen molar-refractivity contribution in [3.63, 3.8) is 0 Å². The summed E-state index contributed by atoms with van der Waals surface area (Å²) < 4.78 is 26.3. The van der Waals surface area contributed by atoms with Gasteiger partial charge >= 0.3 is 0 Å². The maximum Gasteiger partial charge on any atom is 0.254 e. The fraction of sp³-hybridized carbons (Fsp3) is 0.368. The minimum atomic E-state index is -0.836. The Morgan fingerprint density at radius 2 is 1.88 bits per heavy atom. The Labute approximate surface area is 144 Å². The molecule has 1 aliphatic rings. The van der Waals surface area contributed by atoms with Crippen LogP contribution < -0.4 is 5.56 Å². The second-order valence-electron chi connectivity index (χ2n) is 6.60. The summed E-state index contributed by atoms with van der Waals surface area (Å²) in [6.07, 6.45) is 2.27. The fourth-order valence-corrected chi connectivity index (χ4v) is 3.33. The summed E-state index contributed by atoms with van der Waals surface area (Å²) in [4.78, 5) is 28.4. The highest BCUT2D eigenvalue weighted by Crippen LogP contribution is 2.23. The van der Waals surface area contributed by atoms with Gasteiger partial charge in [0.2, 0.25) is 5.56 Å². The number of nitrogens with zero attached hydrogens (tertiary/aromatic N) is 1. The second kappa shape index (κ2) is 7.17. The molecule has 0 spiro atoms. The van der Waals surface area contributed by atoms with Crippen molar-refractivity contribution in [3.8, 4) is 0 Å². The van der Waals surface area contributed by atoms with Gasteiger partial charge in [-0.25, -0.2) is 8.78 Å². The standard InChI is InChI=1S/C19H20F2N2O2/c1-12-8-15(11-18(24)22-12)19(25)23-6-4-13(5-7-23)9-14-2-3-16(20)17(21)10-14/h2-3,8,10-11,13H,4-7,9H2,1H3,(H,22,24). The lowest BCUT2D eigenvalue weighted by Gasteiger charge is -2.32. The van der Waals surface area contributed by atoms with Crippen molar-refractivity contribution in [1.29, 1.82) is 0 Å². The van der Waals surface area contributed by atoms with Crippen LogP contribution in [0.1, 0.15) is 34.5 Å². The molecule has 0 saturated carbocycles. The number of hydrogen-bond donors (Lipinski definition) is 1. The first-order chi connectivity index (χ1) is 11.9. The smallest absolute Gasteiger partial charge is 0.254 e. The lowest BCUT2D eigenvalue weighted by atomic mass is 9.90. The highest BCUT2D eigenvalue weighted by atomic mass is 19.2. The molecule has 2 heterocycles. The fourth-order valence-electron chi connectivity index (χ4n) is 3.33. The Morgan fingerprint density at radius 1 is 1.16 bits per heavy atom. The van der Waals surface area contributed by atoms with Gasteiger partial charge in [-0.3, -0.25) is 9.59 Å². The number of pyridine rings is 1. The van der Waals surface area contributed by atoms with Crippen LogP contribution >= 0.6 is 0 Å². The molecule has 1 saturated heterocycles. The number of piperidine rings is 1. The molecule has 0 unspecified atom stereocenters. The molecule has 1 aromatic heterocycles. The first-order valence-corrected chi connectivity index (χ1v) is 8.36. The lowest BCUT2D eigenvalue weighted by molar-refractivity contribution is 0.0690. The number of halogens is 2. The van der Waals surface area contributed by atoms with Gasteiger partial charge < -0.3 is 9.88 Å². The molecule has 0 radical (unpaired) electrons. The summed E-state index contributed by atoms with van der Waals surface area (Å²) in [5.41, 5.74) is 1.55. The minimum Gasteiger partial charge on any atom is -0.339 e. The maximum absolute atomic E-state index is 13.3. The van der Waals surface area contributed by atoms with Crippen LogP contribution in [0.4, 0.5) is 8.78 Å². The zero-order chi connectivity index (χ0) is 18.0. The van der Waals surface area contributed by atoms with Gasteiger partial charge in [-0.1, -0.05) is 6.07 Å². The molecule has 1 fully saturated rings. The molecule has 6 heteroatoms. The monoisotopic (exact) mass is 346 g/mol. The van der Waals surface area contributed by atoms with E-state index in [-0.39, 0.29) is 11.5 Å². The Kier molecular flexibility index (Phi) is 4.97. The number of amides is 1. The molecule has 25 heavy (non-hydrogen) atoms. The van der Waals surface area contributed by atoms with Gasteiger partial charge in [-0.15, -0.1) is 0 Å². The number of carbonyl (C=O) groups is 1. The van der Waals surface area contributed by atoms with Crippen LogP contribution in [0.3, 0.4) is 0 Å². The minimum absolute atomic E-state index is 0.138. The average molecular weight is 346 g/mol. The molecule has 3 rings (SSSR count). The number of benzene rings is 1. The summed E-state index contributed by atoms with van der Waals surface area (Å²) in [5.74, 6) is -1.47. The molecule has 2 aromatic rings. The van der Waals surface area contributed by atoms with E-state index in [9.17, 15) is 18.4 Å². The lowest BCUT2D eigenvalue weighted by Crippen LogP contribution is -2.39. The van der Waals surface area contributed by atoms with Gasteiger partial charge in [0, 0.05) is 30.4 Å². The summed E-state index contributed by atoms with van der Waals surface area (Å²) in [6.45, 7) is 2.93. The van der Waals surface area contributed by atoms with E-state index in [4.69, 9.17) is 0 Å². The number of carbonyl (C=O) groups excluding carboxylic acids is 1. The number of aromatic nitrogens is 1. The van der Waals surface area contributed by atoms with Crippen LogP contribution in [0.15, 0.2) is 35.1 Å². The van der Waals surface area contributed by atoms with E-state index in [0.29, 0.717) is 36.7 Å². The van der Waals surface area contributed by atoms with E-state index in [1.807, 2.05) is 0 Å². The number of aromatic amines is 1. The number of likely N-dealkylation sites (tertiary alicyclic amines) is 1. The highest BCUT2D eigenvalue weighted by Gasteiger charge is 2.24. The molecular formula is C19H20F2N2O2. The summed E-state index contributed by atoms with van der Waals surface area (Å²) in [7, 11) is 0. The Morgan fingerprint density at radius 3 is 2.52 bits per heavy atom. The first-order valence-electron chi connectivity index (χ1n) is 8.36. The van der Waals surface area contributed by atoms with Gasteiger partial charge in [0.25, 0.3) is 5.91 Å².